The Bertz CT molecular complexity index is 378. The van der Waals surface area contributed by atoms with E-state index in [9.17, 15) is 4.79 Å². The standard InChI is InChI=1S/C15H22O2/c1-9-4-6-12(11(3)15(16)17)8-14-10(2)5-7-13(9)14/h9,12-13H,3-8H2,1-2H3,(H,16,17). The number of rotatable bonds is 2. The molecule has 0 bridgehead atoms. The fraction of sp³-hybridized carbons (Fsp3) is 0.667. The maximum Gasteiger partial charge on any atom is 0.331 e. The number of carbonyl (C=O) groups is 1. The monoisotopic (exact) mass is 234 g/mol. The Morgan fingerprint density at radius 3 is 2.71 bits per heavy atom. The number of fused-ring (bicyclic) bond motifs is 1. The highest BCUT2D eigenvalue weighted by molar-refractivity contribution is 5.86. The summed E-state index contributed by atoms with van der Waals surface area (Å²) in [7, 11) is 0. The quantitative estimate of drug-likeness (QED) is 0.583. The van der Waals surface area contributed by atoms with Crippen molar-refractivity contribution in [3.05, 3.63) is 23.3 Å². The average molecular weight is 234 g/mol. The first-order valence-corrected chi connectivity index (χ1v) is 6.61. The molecule has 94 valence electrons. The second kappa shape index (κ2) is 4.67. The van der Waals surface area contributed by atoms with Crippen LogP contribution in [0, 0.1) is 17.8 Å². The number of aliphatic carboxylic acids is 1. The van der Waals surface area contributed by atoms with Crippen LogP contribution in [0.3, 0.4) is 0 Å². The second-order valence-electron chi connectivity index (χ2n) is 5.74. The van der Waals surface area contributed by atoms with Gasteiger partial charge in [0.25, 0.3) is 0 Å². The van der Waals surface area contributed by atoms with Gasteiger partial charge >= 0.3 is 5.97 Å². The van der Waals surface area contributed by atoms with Gasteiger partial charge in [-0.3, -0.25) is 0 Å². The maximum atomic E-state index is 11.1. The SMILES string of the molecule is C=C(C(=O)O)C1CCC(C)C2CCC(C)=C2C1. The van der Waals surface area contributed by atoms with Gasteiger partial charge in [-0.05, 0) is 56.8 Å². The third-order valence-electron chi connectivity index (χ3n) is 4.72. The van der Waals surface area contributed by atoms with E-state index in [1.165, 1.54) is 18.4 Å². The molecule has 0 aromatic carbocycles. The molecule has 0 radical (unpaired) electrons. The fourth-order valence-corrected chi connectivity index (χ4v) is 3.48. The van der Waals surface area contributed by atoms with Crippen LogP contribution in [0.1, 0.15) is 46.0 Å². The van der Waals surface area contributed by atoms with E-state index in [0.29, 0.717) is 17.4 Å². The van der Waals surface area contributed by atoms with E-state index in [-0.39, 0.29) is 5.92 Å². The molecule has 0 amide bonds. The molecule has 2 rings (SSSR count). The fourth-order valence-electron chi connectivity index (χ4n) is 3.48. The van der Waals surface area contributed by atoms with Crippen LogP contribution in [0.25, 0.3) is 0 Å². The summed E-state index contributed by atoms with van der Waals surface area (Å²) in [6.07, 6.45) is 5.54. The lowest BCUT2D eigenvalue weighted by Gasteiger charge is -2.19. The van der Waals surface area contributed by atoms with Crippen molar-refractivity contribution in [1.29, 1.82) is 0 Å². The maximum absolute atomic E-state index is 11.1. The Labute approximate surface area is 103 Å². The van der Waals surface area contributed by atoms with Gasteiger partial charge in [0, 0.05) is 5.57 Å². The summed E-state index contributed by atoms with van der Waals surface area (Å²) in [5.74, 6) is 0.746. The Morgan fingerprint density at radius 1 is 1.35 bits per heavy atom. The van der Waals surface area contributed by atoms with Crippen molar-refractivity contribution in [2.75, 3.05) is 0 Å². The molecule has 0 aromatic heterocycles. The van der Waals surface area contributed by atoms with E-state index >= 15 is 0 Å². The Kier molecular flexibility index (Phi) is 3.41. The third kappa shape index (κ3) is 2.31. The number of hydrogen-bond acceptors (Lipinski definition) is 1. The molecule has 17 heavy (non-hydrogen) atoms. The molecule has 2 heteroatoms. The van der Waals surface area contributed by atoms with E-state index in [1.54, 1.807) is 5.57 Å². The number of carboxylic acid groups (broad SMARTS) is 1. The zero-order valence-corrected chi connectivity index (χ0v) is 10.8. The smallest absolute Gasteiger partial charge is 0.331 e. The van der Waals surface area contributed by atoms with Crippen LogP contribution in [0.4, 0.5) is 0 Å². The lowest BCUT2D eigenvalue weighted by molar-refractivity contribution is -0.133. The molecule has 1 N–H and O–H groups in total. The van der Waals surface area contributed by atoms with Crippen molar-refractivity contribution < 1.29 is 9.90 Å². The first-order valence-electron chi connectivity index (χ1n) is 6.61. The van der Waals surface area contributed by atoms with Gasteiger partial charge in [-0.1, -0.05) is 24.6 Å². The molecule has 2 aliphatic carbocycles. The third-order valence-corrected chi connectivity index (χ3v) is 4.72. The summed E-state index contributed by atoms with van der Waals surface area (Å²) < 4.78 is 0. The summed E-state index contributed by atoms with van der Waals surface area (Å²) in [6, 6.07) is 0. The molecule has 0 saturated heterocycles. The van der Waals surface area contributed by atoms with E-state index < -0.39 is 5.97 Å². The number of allylic oxidation sites excluding steroid dienone is 2. The van der Waals surface area contributed by atoms with Gasteiger partial charge in [-0.2, -0.15) is 0 Å². The predicted molar refractivity (Wildman–Crippen MR) is 68.7 cm³/mol. The van der Waals surface area contributed by atoms with Crippen molar-refractivity contribution in [3.8, 4) is 0 Å². The molecule has 0 spiro atoms. The van der Waals surface area contributed by atoms with Crippen molar-refractivity contribution in [2.24, 2.45) is 17.8 Å². The minimum absolute atomic E-state index is 0.156. The van der Waals surface area contributed by atoms with E-state index in [4.69, 9.17) is 5.11 Å². The summed E-state index contributed by atoms with van der Waals surface area (Å²) in [5.41, 5.74) is 3.46. The highest BCUT2D eigenvalue weighted by Crippen LogP contribution is 2.46. The van der Waals surface area contributed by atoms with Crippen molar-refractivity contribution in [2.45, 2.75) is 46.0 Å². The van der Waals surface area contributed by atoms with Gasteiger partial charge in [0.15, 0.2) is 0 Å². The minimum atomic E-state index is -0.822. The first kappa shape index (κ1) is 12.4. The van der Waals surface area contributed by atoms with Gasteiger partial charge in [0.1, 0.15) is 0 Å². The van der Waals surface area contributed by atoms with E-state index in [2.05, 4.69) is 20.4 Å². The molecule has 2 aliphatic rings. The van der Waals surface area contributed by atoms with Crippen LogP contribution >= 0.6 is 0 Å². The molecule has 0 aliphatic heterocycles. The van der Waals surface area contributed by atoms with Gasteiger partial charge < -0.3 is 5.11 Å². The van der Waals surface area contributed by atoms with Crippen molar-refractivity contribution in [3.63, 3.8) is 0 Å². The van der Waals surface area contributed by atoms with Crippen LogP contribution in [-0.4, -0.2) is 11.1 Å². The van der Waals surface area contributed by atoms with Crippen LogP contribution < -0.4 is 0 Å². The highest BCUT2D eigenvalue weighted by atomic mass is 16.4. The van der Waals surface area contributed by atoms with Crippen LogP contribution in [0.5, 0.6) is 0 Å². The molecular formula is C15H22O2. The Balaban J connectivity index is 2.22. The molecule has 3 atom stereocenters. The van der Waals surface area contributed by atoms with Crippen LogP contribution in [0.15, 0.2) is 23.3 Å². The molecule has 0 heterocycles. The molecular weight excluding hydrogens is 212 g/mol. The predicted octanol–water partition coefficient (Wildman–Crippen LogP) is 3.79. The van der Waals surface area contributed by atoms with Crippen LogP contribution in [0.2, 0.25) is 0 Å². The lowest BCUT2D eigenvalue weighted by Crippen LogP contribution is -2.12. The summed E-state index contributed by atoms with van der Waals surface area (Å²) in [6.45, 7) is 8.29. The normalized spacial score (nSPS) is 33.2. The summed E-state index contributed by atoms with van der Waals surface area (Å²) in [4.78, 5) is 11.1. The van der Waals surface area contributed by atoms with Crippen molar-refractivity contribution in [1.82, 2.24) is 0 Å². The number of carboxylic acids is 1. The average Bonchev–Trinajstić information content (AvgIpc) is 2.55. The summed E-state index contributed by atoms with van der Waals surface area (Å²) >= 11 is 0. The second-order valence-corrected chi connectivity index (χ2v) is 5.74. The zero-order valence-electron chi connectivity index (χ0n) is 10.8. The Hall–Kier alpha value is -1.05. The molecule has 2 nitrogen and oxygen atoms in total. The van der Waals surface area contributed by atoms with Gasteiger partial charge in [-0.15, -0.1) is 0 Å². The van der Waals surface area contributed by atoms with E-state index in [0.717, 1.165) is 19.3 Å². The summed E-state index contributed by atoms with van der Waals surface area (Å²) in [5, 5.41) is 9.08. The lowest BCUT2D eigenvalue weighted by atomic mass is 9.86. The molecule has 3 unspecified atom stereocenters. The van der Waals surface area contributed by atoms with Crippen molar-refractivity contribution >= 4 is 5.97 Å². The first-order chi connectivity index (χ1) is 8.00. The van der Waals surface area contributed by atoms with Crippen LogP contribution in [-0.2, 0) is 4.79 Å². The molecule has 1 fully saturated rings. The van der Waals surface area contributed by atoms with Gasteiger partial charge in [0.2, 0.25) is 0 Å². The Morgan fingerprint density at radius 2 is 2.06 bits per heavy atom. The largest absolute Gasteiger partial charge is 0.478 e. The molecule has 0 aromatic rings. The van der Waals surface area contributed by atoms with E-state index in [1.807, 2.05) is 0 Å². The zero-order chi connectivity index (χ0) is 12.6. The topological polar surface area (TPSA) is 37.3 Å². The number of hydrogen-bond donors (Lipinski definition) is 1. The van der Waals surface area contributed by atoms with Gasteiger partial charge in [0.05, 0.1) is 0 Å². The minimum Gasteiger partial charge on any atom is -0.478 e. The highest BCUT2D eigenvalue weighted by Gasteiger charge is 2.34. The molecule has 1 saturated carbocycles. The van der Waals surface area contributed by atoms with Gasteiger partial charge in [-0.25, -0.2) is 4.79 Å².